The quantitative estimate of drug-likeness (QED) is 0.0271. The van der Waals surface area contributed by atoms with Crippen molar-refractivity contribution in [3.8, 4) is 0 Å². The molecule has 6 nitrogen and oxygen atoms in total. The van der Waals surface area contributed by atoms with Gasteiger partial charge in [0.1, 0.15) is 13.2 Å². The maximum Gasteiger partial charge on any atom is 0.306 e. The molecule has 6 heteroatoms. The number of unbranched alkanes of at least 4 members (excludes halogenated alkanes) is 22. The summed E-state index contributed by atoms with van der Waals surface area (Å²) >= 11 is 0. The van der Waals surface area contributed by atoms with Gasteiger partial charge in [0.2, 0.25) is 0 Å². The Labute approximate surface area is 321 Å². The SMILES string of the molecule is CCC/C=C\C/C=C\CCCCCCCC(=O)OC(COC(=O)CCCCCCCC)COC(=O)CCCCCCC/C=C\CCCCCCCC. The van der Waals surface area contributed by atoms with Crippen LogP contribution in [0.4, 0.5) is 0 Å². The highest BCUT2D eigenvalue weighted by molar-refractivity contribution is 5.71. The summed E-state index contributed by atoms with van der Waals surface area (Å²) in [4.78, 5) is 37.5. The molecule has 0 aromatic heterocycles. The van der Waals surface area contributed by atoms with Crippen molar-refractivity contribution in [2.45, 2.75) is 226 Å². The number of hydrogen-bond acceptors (Lipinski definition) is 6. The van der Waals surface area contributed by atoms with E-state index in [1.54, 1.807) is 0 Å². The van der Waals surface area contributed by atoms with Crippen molar-refractivity contribution in [1.29, 1.82) is 0 Å². The summed E-state index contributed by atoms with van der Waals surface area (Å²) in [7, 11) is 0. The summed E-state index contributed by atoms with van der Waals surface area (Å²) in [5, 5.41) is 0. The van der Waals surface area contributed by atoms with E-state index in [0.717, 1.165) is 96.3 Å². The highest BCUT2D eigenvalue weighted by Gasteiger charge is 2.19. The van der Waals surface area contributed by atoms with E-state index in [4.69, 9.17) is 14.2 Å². The molecule has 0 N–H and O–H groups in total. The molecular weight excluding hydrogens is 648 g/mol. The predicted octanol–water partition coefficient (Wildman–Crippen LogP) is 13.8. The number of allylic oxidation sites excluding steroid dienone is 6. The molecule has 0 saturated carbocycles. The van der Waals surface area contributed by atoms with Crippen molar-refractivity contribution in [3.05, 3.63) is 36.5 Å². The highest BCUT2D eigenvalue weighted by Crippen LogP contribution is 2.13. The lowest BCUT2D eigenvalue weighted by molar-refractivity contribution is -0.167. The first-order valence-corrected chi connectivity index (χ1v) is 22.0. The van der Waals surface area contributed by atoms with Crippen LogP contribution in [0.1, 0.15) is 220 Å². The van der Waals surface area contributed by atoms with Gasteiger partial charge in [0.05, 0.1) is 0 Å². The molecule has 0 bridgehead atoms. The van der Waals surface area contributed by atoms with Crippen LogP contribution in [0, 0.1) is 0 Å². The van der Waals surface area contributed by atoms with Gasteiger partial charge < -0.3 is 14.2 Å². The summed E-state index contributed by atoms with van der Waals surface area (Å²) in [6, 6.07) is 0. The molecule has 52 heavy (non-hydrogen) atoms. The van der Waals surface area contributed by atoms with E-state index in [1.165, 1.54) is 83.5 Å². The fourth-order valence-electron chi connectivity index (χ4n) is 6.00. The van der Waals surface area contributed by atoms with Crippen molar-refractivity contribution >= 4 is 17.9 Å². The van der Waals surface area contributed by atoms with Gasteiger partial charge in [0, 0.05) is 19.3 Å². The molecule has 0 spiro atoms. The van der Waals surface area contributed by atoms with Gasteiger partial charge in [-0.3, -0.25) is 14.4 Å². The van der Waals surface area contributed by atoms with Crippen LogP contribution >= 0.6 is 0 Å². The number of carbonyl (C=O) groups excluding carboxylic acids is 3. The topological polar surface area (TPSA) is 78.9 Å². The molecule has 0 aliphatic carbocycles. The second-order valence-corrected chi connectivity index (χ2v) is 14.6. The Hall–Kier alpha value is -2.37. The molecule has 0 amide bonds. The van der Waals surface area contributed by atoms with Crippen molar-refractivity contribution in [2.75, 3.05) is 13.2 Å². The van der Waals surface area contributed by atoms with E-state index < -0.39 is 6.10 Å². The van der Waals surface area contributed by atoms with Crippen LogP contribution in [0.5, 0.6) is 0 Å². The zero-order valence-electron chi connectivity index (χ0n) is 34.3. The van der Waals surface area contributed by atoms with E-state index in [-0.39, 0.29) is 31.1 Å². The molecule has 1 atom stereocenters. The minimum Gasteiger partial charge on any atom is -0.462 e. The zero-order chi connectivity index (χ0) is 38.0. The van der Waals surface area contributed by atoms with Crippen LogP contribution < -0.4 is 0 Å². The Balaban J connectivity index is 4.31. The van der Waals surface area contributed by atoms with Crippen molar-refractivity contribution in [3.63, 3.8) is 0 Å². The largest absolute Gasteiger partial charge is 0.462 e. The molecule has 0 fully saturated rings. The van der Waals surface area contributed by atoms with Crippen LogP contribution in [0.15, 0.2) is 36.5 Å². The third-order valence-electron chi connectivity index (χ3n) is 9.35. The molecule has 0 aliphatic rings. The van der Waals surface area contributed by atoms with E-state index in [0.29, 0.717) is 19.3 Å². The van der Waals surface area contributed by atoms with Crippen LogP contribution in [-0.2, 0) is 28.6 Å². The van der Waals surface area contributed by atoms with Gasteiger partial charge in [-0.2, -0.15) is 0 Å². The number of ether oxygens (including phenoxy) is 3. The summed E-state index contributed by atoms with van der Waals surface area (Å²) < 4.78 is 16.6. The predicted molar refractivity (Wildman–Crippen MR) is 219 cm³/mol. The van der Waals surface area contributed by atoms with Crippen LogP contribution in [-0.4, -0.2) is 37.2 Å². The summed E-state index contributed by atoms with van der Waals surface area (Å²) in [6.45, 7) is 6.48. The van der Waals surface area contributed by atoms with Crippen LogP contribution in [0.2, 0.25) is 0 Å². The van der Waals surface area contributed by atoms with Crippen LogP contribution in [0.3, 0.4) is 0 Å². The lowest BCUT2D eigenvalue weighted by atomic mass is 10.1. The van der Waals surface area contributed by atoms with Crippen LogP contribution in [0.25, 0.3) is 0 Å². The van der Waals surface area contributed by atoms with Gasteiger partial charge in [-0.15, -0.1) is 0 Å². The molecule has 302 valence electrons. The zero-order valence-corrected chi connectivity index (χ0v) is 34.3. The van der Waals surface area contributed by atoms with Gasteiger partial charge >= 0.3 is 17.9 Å². The second kappa shape index (κ2) is 41.4. The molecule has 0 aliphatic heterocycles. The normalized spacial score (nSPS) is 12.3. The first-order chi connectivity index (χ1) is 25.5. The van der Waals surface area contributed by atoms with Crippen molar-refractivity contribution in [2.24, 2.45) is 0 Å². The first kappa shape index (κ1) is 49.6. The lowest BCUT2D eigenvalue weighted by Crippen LogP contribution is -2.30. The first-order valence-electron chi connectivity index (χ1n) is 22.0. The molecule has 0 heterocycles. The smallest absolute Gasteiger partial charge is 0.306 e. The van der Waals surface area contributed by atoms with E-state index in [2.05, 4.69) is 57.2 Å². The number of rotatable bonds is 39. The van der Waals surface area contributed by atoms with Gasteiger partial charge in [-0.25, -0.2) is 0 Å². The van der Waals surface area contributed by atoms with E-state index in [9.17, 15) is 14.4 Å². The number of carbonyl (C=O) groups is 3. The average molecular weight is 731 g/mol. The Morgan fingerprint density at radius 2 is 0.731 bits per heavy atom. The summed E-state index contributed by atoms with van der Waals surface area (Å²) in [5.41, 5.74) is 0. The van der Waals surface area contributed by atoms with Crippen molar-refractivity contribution < 1.29 is 28.6 Å². The third kappa shape index (κ3) is 38.9. The fraction of sp³-hybridized carbons (Fsp3) is 0.804. The molecule has 0 aromatic rings. The summed E-state index contributed by atoms with van der Waals surface area (Å²) in [5.74, 6) is -0.914. The Kier molecular flexibility index (Phi) is 39.5. The number of hydrogen-bond donors (Lipinski definition) is 0. The van der Waals surface area contributed by atoms with Gasteiger partial charge in [-0.05, 0) is 70.6 Å². The highest BCUT2D eigenvalue weighted by atomic mass is 16.6. The molecule has 0 radical (unpaired) electrons. The standard InChI is InChI=1S/C46H82O6/c1-4-7-10-13-16-18-20-22-23-25-26-28-30-33-36-39-45(48)51-42-43(41-50-44(47)38-35-32-15-12-9-6-3)52-46(49)40-37-34-31-29-27-24-21-19-17-14-11-8-5-2/h11,14,19,21-23,43H,4-10,12-13,15-18,20,24-42H2,1-3H3/b14-11-,21-19-,23-22-. The maximum atomic E-state index is 12.6. The van der Waals surface area contributed by atoms with E-state index in [1.807, 2.05) is 0 Å². The Morgan fingerprint density at radius 1 is 0.385 bits per heavy atom. The molecule has 1 unspecified atom stereocenters. The Morgan fingerprint density at radius 3 is 1.15 bits per heavy atom. The maximum absolute atomic E-state index is 12.6. The molecule has 0 rings (SSSR count). The molecule has 0 saturated heterocycles. The van der Waals surface area contributed by atoms with Gasteiger partial charge in [-0.1, -0.05) is 166 Å². The third-order valence-corrected chi connectivity index (χ3v) is 9.35. The number of esters is 3. The summed E-state index contributed by atoms with van der Waals surface area (Å²) in [6.07, 6.45) is 45.7. The van der Waals surface area contributed by atoms with Gasteiger partial charge in [0.15, 0.2) is 6.10 Å². The second-order valence-electron chi connectivity index (χ2n) is 14.6. The molecular formula is C46H82O6. The monoisotopic (exact) mass is 731 g/mol. The molecule has 0 aromatic carbocycles. The minimum absolute atomic E-state index is 0.0804. The minimum atomic E-state index is -0.775. The Bertz CT molecular complexity index is 891. The van der Waals surface area contributed by atoms with Crippen molar-refractivity contribution in [1.82, 2.24) is 0 Å². The lowest BCUT2D eigenvalue weighted by Gasteiger charge is -2.18. The average Bonchev–Trinajstić information content (AvgIpc) is 3.14. The van der Waals surface area contributed by atoms with E-state index >= 15 is 0 Å². The fourth-order valence-corrected chi connectivity index (χ4v) is 6.00. The van der Waals surface area contributed by atoms with Gasteiger partial charge in [0.25, 0.3) is 0 Å².